The molecule has 19 heavy (non-hydrogen) atoms. The van der Waals surface area contributed by atoms with Crippen LogP contribution in [0.1, 0.15) is 84.5 Å². The van der Waals surface area contributed by atoms with E-state index in [1.165, 1.54) is 57.8 Å². The third-order valence-electron chi connectivity index (χ3n) is 3.41. The predicted molar refractivity (Wildman–Crippen MR) is 86.4 cm³/mol. The Morgan fingerprint density at radius 1 is 0.789 bits per heavy atom. The molecule has 1 unspecified atom stereocenters. The monoisotopic (exact) mass is 266 g/mol. The van der Waals surface area contributed by atoms with Crippen LogP contribution in [0.15, 0.2) is 24.3 Å². The summed E-state index contributed by atoms with van der Waals surface area (Å²) in [4.78, 5) is 0. The van der Waals surface area contributed by atoms with E-state index in [1.807, 2.05) is 12.2 Å². The van der Waals surface area contributed by atoms with Gasteiger partial charge in [-0.15, -0.1) is 0 Å². The normalized spacial score (nSPS) is 13.6. The molecule has 1 nitrogen and oxygen atoms in total. The van der Waals surface area contributed by atoms with E-state index in [2.05, 4.69) is 26.0 Å². The standard InChI is InChI=1S/C18H34O/c1-3-5-7-8-9-10-11-12-13-15-17-18(19)16-14-6-4-2/h12-13,15,17-19H,3-11,14,16H2,1-2H3/b13-12+,17-15+. The number of aliphatic hydroxyl groups is 1. The molecule has 0 bridgehead atoms. The first kappa shape index (κ1) is 18.4. The van der Waals surface area contributed by atoms with Gasteiger partial charge in [-0.2, -0.15) is 0 Å². The Bertz CT molecular complexity index is 218. The molecule has 0 amide bonds. The molecule has 0 aromatic rings. The van der Waals surface area contributed by atoms with Gasteiger partial charge in [-0.25, -0.2) is 0 Å². The summed E-state index contributed by atoms with van der Waals surface area (Å²) in [6, 6.07) is 0. The molecular weight excluding hydrogens is 232 g/mol. The minimum Gasteiger partial charge on any atom is -0.389 e. The zero-order valence-electron chi connectivity index (χ0n) is 13.1. The number of unbranched alkanes of at least 4 members (excludes halogenated alkanes) is 8. The van der Waals surface area contributed by atoms with Crippen molar-refractivity contribution in [3.63, 3.8) is 0 Å². The van der Waals surface area contributed by atoms with Crippen molar-refractivity contribution in [2.75, 3.05) is 0 Å². The molecule has 0 aliphatic rings. The highest BCUT2D eigenvalue weighted by atomic mass is 16.3. The zero-order valence-corrected chi connectivity index (χ0v) is 13.1. The molecule has 0 saturated heterocycles. The Balaban J connectivity index is 3.35. The molecule has 0 aliphatic carbocycles. The van der Waals surface area contributed by atoms with Gasteiger partial charge >= 0.3 is 0 Å². The number of rotatable bonds is 13. The fraction of sp³-hybridized carbons (Fsp3) is 0.778. The van der Waals surface area contributed by atoms with Crippen LogP contribution >= 0.6 is 0 Å². The summed E-state index contributed by atoms with van der Waals surface area (Å²) in [5.41, 5.74) is 0. The fourth-order valence-corrected chi connectivity index (χ4v) is 2.11. The van der Waals surface area contributed by atoms with Gasteiger partial charge in [0, 0.05) is 0 Å². The van der Waals surface area contributed by atoms with Crippen LogP contribution in [0, 0.1) is 0 Å². The molecule has 0 fully saturated rings. The third-order valence-corrected chi connectivity index (χ3v) is 3.41. The summed E-state index contributed by atoms with van der Waals surface area (Å²) >= 11 is 0. The van der Waals surface area contributed by atoms with E-state index in [0.717, 1.165) is 12.8 Å². The summed E-state index contributed by atoms with van der Waals surface area (Å²) in [5, 5.41) is 9.68. The van der Waals surface area contributed by atoms with Crippen molar-refractivity contribution in [3.05, 3.63) is 24.3 Å². The average Bonchev–Trinajstić information content (AvgIpc) is 2.41. The van der Waals surface area contributed by atoms with Crippen LogP contribution in [0.3, 0.4) is 0 Å². The van der Waals surface area contributed by atoms with Crippen LogP contribution in [-0.2, 0) is 0 Å². The highest BCUT2D eigenvalue weighted by Crippen LogP contribution is 2.07. The first-order valence-electron chi connectivity index (χ1n) is 8.32. The lowest BCUT2D eigenvalue weighted by Crippen LogP contribution is -2.00. The number of hydrogen-bond acceptors (Lipinski definition) is 1. The van der Waals surface area contributed by atoms with Crippen molar-refractivity contribution in [1.29, 1.82) is 0 Å². The van der Waals surface area contributed by atoms with Gasteiger partial charge in [0.2, 0.25) is 0 Å². The van der Waals surface area contributed by atoms with E-state index in [9.17, 15) is 5.11 Å². The molecule has 0 aromatic carbocycles. The number of aliphatic hydroxyl groups excluding tert-OH is 1. The maximum atomic E-state index is 9.68. The highest BCUT2D eigenvalue weighted by Gasteiger charge is 1.96. The Morgan fingerprint density at radius 2 is 1.42 bits per heavy atom. The molecule has 1 heteroatoms. The molecule has 0 spiro atoms. The zero-order chi connectivity index (χ0) is 14.2. The van der Waals surface area contributed by atoms with E-state index >= 15 is 0 Å². The molecule has 112 valence electrons. The van der Waals surface area contributed by atoms with Gasteiger partial charge < -0.3 is 5.11 Å². The topological polar surface area (TPSA) is 20.2 Å². The largest absolute Gasteiger partial charge is 0.389 e. The maximum absolute atomic E-state index is 9.68. The minimum atomic E-state index is -0.259. The second kappa shape index (κ2) is 15.5. The van der Waals surface area contributed by atoms with Crippen LogP contribution < -0.4 is 0 Å². The first-order chi connectivity index (χ1) is 9.31. The Hall–Kier alpha value is -0.560. The summed E-state index contributed by atoms with van der Waals surface area (Å²) in [7, 11) is 0. The van der Waals surface area contributed by atoms with E-state index in [4.69, 9.17) is 0 Å². The van der Waals surface area contributed by atoms with Crippen molar-refractivity contribution in [3.8, 4) is 0 Å². The van der Waals surface area contributed by atoms with Gasteiger partial charge in [0.05, 0.1) is 6.10 Å². The number of hydrogen-bond donors (Lipinski definition) is 1. The van der Waals surface area contributed by atoms with Crippen LogP contribution in [0.5, 0.6) is 0 Å². The van der Waals surface area contributed by atoms with Crippen molar-refractivity contribution in [1.82, 2.24) is 0 Å². The van der Waals surface area contributed by atoms with Crippen LogP contribution in [0.25, 0.3) is 0 Å². The van der Waals surface area contributed by atoms with Crippen molar-refractivity contribution < 1.29 is 5.11 Å². The predicted octanol–water partition coefficient (Wildman–Crippen LogP) is 5.79. The lowest BCUT2D eigenvalue weighted by molar-refractivity contribution is 0.208. The number of allylic oxidation sites excluding steroid dienone is 3. The molecule has 0 heterocycles. The second-order valence-electron chi connectivity index (χ2n) is 5.43. The molecular formula is C18H34O. The van der Waals surface area contributed by atoms with Crippen LogP contribution in [0.2, 0.25) is 0 Å². The minimum absolute atomic E-state index is 0.259. The van der Waals surface area contributed by atoms with Crippen molar-refractivity contribution in [2.45, 2.75) is 90.6 Å². The molecule has 0 aliphatic heterocycles. The summed E-state index contributed by atoms with van der Waals surface area (Å²) in [6.07, 6.45) is 21.7. The van der Waals surface area contributed by atoms with Crippen LogP contribution in [0.4, 0.5) is 0 Å². The van der Waals surface area contributed by atoms with Gasteiger partial charge in [0.1, 0.15) is 0 Å². The Kier molecular flexibility index (Phi) is 15.0. The van der Waals surface area contributed by atoms with Gasteiger partial charge in [-0.05, 0) is 19.3 Å². The van der Waals surface area contributed by atoms with Crippen LogP contribution in [-0.4, -0.2) is 11.2 Å². The fourth-order valence-electron chi connectivity index (χ4n) is 2.11. The molecule has 1 N–H and O–H groups in total. The highest BCUT2D eigenvalue weighted by molar-refractivity contribution is 5.04. The third kappa shape index (κ3) is 15.4. The average molecular weight is 266 g/mol. The van der Waals surface area contributed by atoms with Gasteiger partial charge in [-0.1, -0.05) is 89.5 Å². The second-order valence-corrected chi connectivity index (χ2v) is 5.43. The Morgan fingerprint density at radius 3 is 2.16 bits per heavy atom. The smallest absolute Gasteiger partial charge is 0.0723 e. The molecule has 0 aromatic heterocycles. The molecule has 0 saturated carbocycles. The van der Waals surface area contributed by atoms with E-state index < -0.39 is 0 Å². The van der Waals surface area contributed by atoms with E-state index in [1.54, 1.807) is 0 Å². The lowest BCUT2D eigenvalue weighted by Gasteiger charge is -2.03. The van der Waals surface area contributed by atoms with Crippen molar-refractivity contribution >= 4 is 0 Å². The first-order valence-corrected chi connectivity index (χ1v) is 8.32. The quantitative estimate of drug-likeness (QED) is 0.330. The molecule has 0 rings (SSSR count). The van der Waals surface area contributed by atoms with E-state index in [-0.39, 0.29) is 6.10 Å². The van der Waals surface area contributed by atoms with Crippen molar-refractivity contribution in [2.24, 2.45) is 0 Å². The summed E-state index contributed by atoms with van der Waals surface area (Å²) in [5.74, 6) is 0. The lowest BCUT2D eigenvalue weighted by atomic mass is 10.1. The molecule has 1 atom stereocenters. The summed E-state index contributed by atoms with van der Waals surface area (Å²) < 4.78 is 0. The van der Waals surface area contributed by atoms with E-state index in [0.29, 0.717) is 0 Å². The summed E-state index contributed by atoms with van der Waals surface area (Å²) in [6.45, 7) is 4.44. The van der Waals surface area contributed by atoms with Gasteiger partial charge in [0.25, 0.3) is 0 Å². The maximum Gasteiger partial charge on any atom is 0.0723 e. The SMILES string of the molecule is CCCCCCCC/C=C/C=C/C(O)CCCCC. The van der Waals surface area contributed by atoms with Gasteiger partial charge in [-0.3, -0.25) is 0 Å². The van der Waals surface area contributed by atoms with Gasteiger partial charge in [0.15, 0.2) is 0 Å². The Labute approximate surface area is 120 Å². The molecule has 0 radical (unpaired) electrons.